The van der Waals surface area contributed by atoms with Gasteiger partial charge in [-0.05, 0) is 12.3 Å². The highest BCUT2D eigenvalue weighted by molar-refractivity contribution is 7.85. The van der Waals surface area contributed by atoms with Gasteiger partial charge in [0.1, 0.15) is 0 Å². The fourth-order valence-electron chi connectivity index (χ4n) is 2.78. The van der Waals surface area contributed by atoms with E-state index in [1.165, 1.54) is 70.6 Å². The zero-order chi connectivity index (χ0) is 16.7. The van der Waals surface area contributed by atoms with Gasteiger partial charge in [-0.25, -0.2) is 0 Å². The summed E-state index contributed by atoms with van der Waals surface area (Å²) >= 11 is 0. The lowest BCUT2D eigenvalue weighted by Crippen LogP contribution is -2.03. The summed E-state index contributed by atoms with van der Waals surface area (Å²) in [5, 5.41) is 0. The second kappa shape index (κ2) is 14.5. The van der Waals surface area contributed by atoms with Gasteiger partial charge in [0.2, 0.25) is 0 Å². The van der Waals surface area contributed by atoms with E-state index >= 15 is 0 Å². The average molecular weight is 335 g/mol. The molecule has 3 nitrogen and oxygen atoms in total. The molecule has 134 valence electrons. The standard InChI is InChI=1S/C18H38O3S/c1-18(2)16-14-12-10-8-6-4-3-5-7-9-11-13-15-17-22(19,20)21/h18H,3-17H2,1-2H3,(H,19,20,21). The molecule has 0 aliphatic carbocycles. The van der Waals surface area contributed by atoms with Crippen LogP contribution >= 0.6 is 0 Å². The molecule has 0 heterocycles. The van der Waals surface area contributed by atoms with Crippen molar-refractivity contribution in [3.8, 4) is 0 Å². The van der Waals surface area contributed by atoms with Crippen molar-refractivity contribution in [3.63, 3.8) is 0 Å². The van der Waals surface area contributed by atoms with Crippen LogP contribution in [0.4, 0.5) is 0 Å². The molecular weight excluding hydrogens is 296 g/mol. The quantitative estimate of drug-likeness (QED) is 0.278. The molecule has 1 N–H and O–H groups in total. The predicted molar refractivity (Wildman–Crippen MR) is 95.9 cm³/mol. The molecule has 0 radical (unpaired) electrons. The molecule has 0 aliphatic heterocycles. The Hall–Kier alpha value is -0.0900. The van der Waals surface area contributed by atoms with E-state index in [4.69, 9.17) is 4.55 Å². The predicted octanol–water partition coefficient (Wildman–Crippen LogP) is 5.99. The highest BCUT2D eigenvalue weighted by atomic mass is 32.2. The second-order valence-corrected chi connectivity index (χ2v) is 8.64. The van der Waals surface area contributed by atoms with Crippen molar-refractivity contribution in [2.75, 3.05) is 5.75 Å². The van der Waals surface area contributed by atoms with Gasteiger partial charge in [-0.15, -0.1) is 0 Å². The molecule has 0 aromatic heterocycles. The lowest BCUT2D eigenvalue weighted by molar-refractivity contribution is 0.478. The van der Waals surface area contributed by atoms with E-state index in [1.807, 2.05) is 0 Å². The van der Waals surface area contributed by atoms with Crippen LogP contribution in [0.1, 0.15) is 104 Å². The van der Waals surface area contributed by atoms with E-state index in [1.54, 1.807) is 0 Å². The van der Waals surface area contributed by atoms with Gasteiger partial charge in [0.15, 0.2) is 0 Å². The fraction of sp³-hybridized carbons (Fsp3) is 1.00. The first-order valence-electron chi connectivity index (χ1n) is 9.37. The normalized spacial score (nSPS) is 12.2. The van der Waals surface area contributed by atoms with Crippen LogP contribution < -0.4 is 0 Å². The first kappa shape index (κ1) is 21.9. The minimum absolute atomic E-state index is 0.0792. The van der Waals surface area contributed by atoms with Crippen molar-refractivity contribution in [2.45, 2.75) is 104 Å². The molecule has 4 heteroatoms. The second-order valence-electron chi connectivity index (χ2n) is 7.06. The van der Waals surface area contributed by atoms with Crippen LogP contribution in [-0.2, 0) is 10.1 Å². The Balaban J connectivity index is 3.06. The minimum atomic E-state index is -3.74. The van der Waals surface area contributed by atoms with Crippen molar-refractivity contribution in [1.29, 1.82) is 0 Å². The maximum Gasteiger partial charge on any atom is 0.264 e. The van der Waals surface area contributed by atoms with Crippen LogP contribution in [0, 0.1) is 5.92 Å². The summed E-state index contributed by atoms with van der Waals surface area (Å²) < 4.78 is 29.7. The largest absolute Gasteiger partial charge is 0.286 e. The highest BCUT2D eigenvalue weighted by Crippen LogP contribution is 2.14. The lowest BCUT2D eigenvalue weighted by Gasteiger charge is -2.05. The smallest absolute Gasteiger partial charge is 0.264 e. The van der Waals surface area contributed by atoms with Gasteiger partial charge in [0.25, 0.3) is 10.1 Å². The lowest BCUT2D eigenvalue weighted by atomic mass is 10.0. The van der Waals surface area contributed by atoms with Crippen LogP contribution in [0.3, 0.4) is 0 Å². The molecule has 0 spiro atoms. The third-order valence-corrected chi connectivity index (χ3v) is 4.99. The summed E-state index contributed by atoms with van der Waals surface area (Å²) in [6.07, 6.45) is 17.4. The average Bonchev–Trinajstić information content (AvgIpc) is 2.41. The molecule has 0 fully saturated rings. The van der Waals surface area contributed by atoms with Crippen LogP contribution in [0.5, 0.6) is 0 Å². The van der Waals surface area contributed by atoms with E-state index in [9.17, 15) is 8.42 Å². The van der Waals surface area contributed by atoms with Crippen molar-refractivity contribution >= 4 is 10.1 Å². The molecule has 0 unspecified atom stereocenters. The van der Waals surface area contributed by atoms with E-state index in [-0.39, 0.29) is 5.75 Å². The van der Waals surface area contributed by atoms with Crippen LogP contribution in [0.2, 0.25) is 0 Å². The van der Waals surface area contributed by atoms with Crippen molar-refractivity contribution in [1.82, 2.24) is 0 Å². The molecule has 0 atom stereocenters. The Morgan fingerprint density at radius 2 is 0.955 bits per heavy atom. The van der Waals surface area contributed by atoms with Gasteiger partial charge in [-0.1, -0.05) is 97.3 Å². The van der Waals surface area contributed by atoms with E-state index in [2.05, 4.69) is 13.8 Å². The van der Waals surface area contributed by atoms with Gasteiger partial charge in [0, 0.05) is 0 Å². The Bertz CT molecular complexity index is 323. The zero-order valence-corrected chi connectivity index (χ0v) is 15.7. The van der Waals surface area contributed by atoms with Crippen LogP contribution in [-0.4, -0.2) is 18.7 Å². The minimum Gasteiger partial charge on any atom is -0.286 e. The number of hydrogen-bond donors (Lipinski definition) is 1. The summed E-state index contributed by atoms with van der Waals surface area (Å²) in [5.74, 6) is 0.775. The molecule has 22 heavy (non-hydrogen) atoms. The number of rotatable bonds is 16. The molecular formula is C18H38O3S. The van der Waals surface area contributed by atoms with E-state index in [0.717, 1.165) is 18.8 Å². The first-order valence-corrected chi connectivity index (χ1v) is 11.0. The summed E-state index contributed by atoms with van der Waals surface area (Å²) in [5.41, 5.74) is 0. The Morgan fingerprint density at radius 1 is 0.636 bits per heavy atom. The van der Waals surface area contributed by atoms with Crippen molar-refractivity contribution in [2.24, 2.45) is 5.92 Å². The Morgan fingerprint density at radius 3 is 1.27 bits per heavy atom. The molecule has 0 aromatic carbocycles. The molecule has 0 saturated heterocycles. The summed E-state index contributed by atoms with van der Waals surface area (Å²) in [4.78, 5) is 0. The Kier molecular flexibility index (Phi) is 14.4. The maximum absolute atomic E-state index is 10.5. The SMILES string of the molecule is CC(C)CCCCCCCCCCCCCCCS(=O)(=O)O. The summed E-state index contributed by atoms with van der Waals surface area (Å²) in [7, 11) is -3.74. The van der Waals surface area contributed by atoms with Gasteiger partial charge in [-0.3, -0.25) is 4.55 Å². The summed E-state index contributed by atoms with van der Waals surface area (Å²) in [6, 6.07) is 0. The van der Waals surface area contributed by atoms with Crippen LogP contribution in [0.25, 0.3) is 0 Å². The van der Waals surface area contributed by atoms with Crippen molar-refractivity contribution in [3.05, 3.63) is 0 Å². The van der Waals surface area contributed by atoms with Crippen molar-refractivity contribution < 1.29 is 13.0 Å². The Labute approximate surface area is 139 Å². The molecule has 0 aliphatic rings. The van der Waals surface area contributed by atoms with Gasteiger partial charge < -0.3 is 0 Å². The van der Waals surface area contributed by atoms with E-state index in [0.29, 0.717) is 6.42 Å². The maximum atomic E-state index is 10.5. The van der Waals surface area contributed by atoms with E-state index < -0.39 is 10.1 Å². The van der Waals surface area contributed by atoms with Gasteiger partial charge >= 0.3 is 0 Å². The third-order valence-electron chi connectivity index (χ3n) is 4.18. The fourth-order valence-corrected chi connectivity index (χ4v) is 3.35. The first-order chi connectivity index (χ1) is 10.4. The monoisotopic (exact) mass is 334 g/mol. The highest BCUT2D eigenvalue weighted by Gasteiger charge is 2.02. The third kappa shape index (κ3) is 19.9. The molecule has 0 saturated carbocycles. The van der Waals surface area contributed by atoms with Crippen LogP contribution in [0.15, 0.2) is 0 Å². The number of unbranched alkanes of at least 4 members (excludes halogenated alkanes) is 12. The number of hydrogen-bond acceptors (Lipinski definition) is 2. The molecule has 0 amide bonds. The molecule has 0 rings (SSSR count). The van der Waals surface area contributed by atoms with Gasteiger partial charge in [0.05, 0.1) is 5.75 Å². The zero-order valence-electron chi connectivity index (χ0n) is 14.9. The van der Waals surface area contributed by atoms with Gasteiger partial charge in [-0.2, -0.15) is 8.42 Å². The molecule has 0 aromatic rings. The topological polar surface area (TPSA) is 54.4 Å². The molecule has 0 bridgehead atoms. The summed E-state index contributed by atoms with van der Waals surface area (Å²) in [6.45, 7) is 4.60.